The van der Waals surface area contributed by atoms with Crippen LogP contribution in [-0.2, 0) is 21.2 Å². The van der Waals surface area contributed by atoms with Crippen molar-refractivity contribution >= 4 is 33.4 Å². The maximum absolute atomic E-state index is 12.9. The van der Waals surface area contributed by atoms with E-state index in [1.807, 2.05) is 34.6 Å². The number of amides is 1. The van der Waals surface area contributed by atoms with E-state index in [1.54, 1.807) is 23.9 Å². The second kappa shape index (κ2) is 8.50. The van der Waals surface area contributed by atoms with Crippen LogP contribution in [0.1, 0.15) is 36.1 Å². The summed E-state index contributed by atoms with van der Waals surface area (Å²) in [6.07, 6.45) is 0.682. The Hall–Kier alpha value is -1.83. The third-order valence-electron chi connectivity index (χ3n) is 5.43. The van der Waals surface area contributed by atoms with Crippen molar-refractivity contribution in [2.75, 3.05) is 18.4 Å². The highest BCUT2D eigenvalue weighted by Gasteiger charge is 2.29. The molecule has 0 aliphatic carbocycles. The van der Waals surface area contributed by atoms with E-state index in [9.17, 15) is 13.2 Å². The van der Waals surface area contributed by atoms with Gasteiger partial charge >= 0.3 is 0 Å². The molecule has 0 fully saturated rings. The van der Waals surface area contributed by atoms with Crippen LogP contribution in [0.15, 0.2) is 40.1 Å². The molecule has 5 nitrogen and oxygen atoms in total. The first-order valence-electron chi connectivity index (χ1n) is 9.85. The van der Waals surface area contributed by atoms with Gasteiger partial charge in [0, 0.05) is 23.7 Å². The fourth-order valence-electron chi connectivity index (χ4n) is 3.51. The number of benzene rings is 2. The number of nitrogens with zero attached hydrogens (tertiary/aromatic N) is 1. The Kier molecular flexibility index (Phi) is 6.41. The molecule has 0 saturated heterocycles. The first-order valence-corrected chi connectivity index (χ1v) is 12.2. The molecule has 2 aromatic rings. The van der Waals surface area contributed by atoms with Gasteiger partial charge in [0.15, 0.2) is 0 Å². The van der Waals surface area contributed by atoms with Gasteiger partial charge in [-0.25, -0.2) is 8.42 Å². The topological polar surface area (TPSA) is 66.5 Å². The molecule has 0 bridgehead atoms. The van der Waals surface area contributed by atoms with Crippen LogP contribution < -0.4 is 5.32 Å². The molecule has 3 rings (SSSR count). The van der Waals surface area contributed by atoms with Crippen LogP contribution in [0.2, 0.25) is 0 Å². The molecule has 0 radical (unpaired) electrons. The highest BCUT2D eigenvalue weighted by atomic mass is 32.2. The Morgan fingerprint density at radius 1 is 1.14 bits per heavy atom. The van der Waals surface area contributed by atoms with Crippen LogP contribution in [-0.4, -0.2) is 37.0 Å². The van der Waals surface area contributed by atoms with E-state index < -0.39 is 10.0 Å². The van der Waals surface area contributed by atoms with Gasteiger partial charge in [-0.2, -0.15) is 4.31 Å². The van der Waals surface area contributed by atoms with Gasteiger partial charge in [0.2, 0.25) is 15.9 Å². The predicted molar refractivity (Wildman–Crippen MR) is 119 cm³/mol. The van der Waals surface area contributed by atoms with Gasteiger partial charge in [0.1, 0.15) is 0 Å². The fourth-order valence-corrected chi connectivity index (χ4v) is 6.37. The Balaban J connectivity index is 1.86. The molecule has 2 aromatic carbocycles. The normalized spacial score (nSPS) is 16.1. The molecule has 0 unspecified atom stereocenters. The third kappa shape index (κ3) is 4.37. The number of hydrogen-bond donors (Lipinski definition) is 1. The van der Waals surface area contributed by atoms with Crippen molar-refractivity contribution in [2.24, 2.45) is 0 Å². The summed E-state index contributed by atoms with van der Waals surface area (Å²) in [5.74, 6) is -0.0938. The SMILES string of the molecule is CCN(CC)S(=O)(=O)c1cc(C)c(C)c(NC(=O)[C@@H]2Cc3ccc(C)cc3S2)c1. The number of carbonyl (C=O) groups is 1. The molecule has 0 aromatic heterocycles. The smallest absolute Gasteiger partial charge is 0.243 e. The average molecular weight is 433 g/mol. The molecule has 1 N–H and O–H groups in total. The van der Waals surface area contributed by atoms with Crippen LogP contribution in [0.3, 0.4) is 0 Å². The molecule has 1 heterocycles. The largest absolute Gasteiger partial charge is 0.325 e. The van der Waals surface area contributed by atoms with E-state index in [0.29, 0.717) is 25.2 Å². The standard InChI is InChI=1S/C22H28N2O3S2/c1-6-24(7-2)29(26,27)18-11-15(4)16(5)19(13-18)23-22(25)21-12-17-9-8-14(3)10-20(17)28-21/h8-11,13,21H,6-7,12H2,1-5H3,(H,23,25)/t21-/m0/s1. The first kappa shape index (κ1) is 21.9. The lowest BCUT2D eigenvalue weighted by molar-refractivity contribution is -0.115. The zero-order chi connectivity index (χ0) is 21.3. The zero-order valence-electron chi connectivity index (χ0n) is 17.6. The minimum atomic E-state index is -3.59. The first-order chi connectivity index (χ1) is 13.7. The Bertz CT molecular complexity index is 1040. The van der Waals surface area contributed by atoms with Crippen molar-refractivity contribution in [3.8, 4) is 0 Å². The average Bonchev–Trinajstić information content (AvgIpc) is 3.09. The number of thioether (sulfide) groups is 1. The Morgan fingerprint density at radius 3 is 2.48 bits per heavy atom. The molecule has 1 amide bonds. The number of carbonyl (C=O) groups excluding carboxylic acids is 1. The number of nitrogens with one attached hydrogen (secondary N) is 1. The van der Waals surface area contributed by atoms with Gasteiger partial charge in [-0.05, 0) is 62.1 Å². The summed E-state index contributed by atoms with van der Waals surface area (Å²) < 4.78 is 27.3. The molecular formula is C22H28N2O3S2. The summed E-state index contributed by atoms with van der Waals surface area (Å²) >= 11 is 1.57. The van der Waals surface area contributed by atoms with E-state index in [2.05, 4.69) is 23.5 Å². The van der Waals surface area contributed by atoms with E-state index in [4.69, 9.17) is 0 Å². The lowest BCUT2D eigenvalue weighted by Crippen LogP contribution is -2.31. The van der Waals surface area contributed by atoms with Gasteiger partial charge in [-0.3, -0.25) is 4.79 Å². The van der Waals surface area contributed by atoms with Crippen molar-refractivity contribution in [2.45, 2.75) is 56.1 Å². The number of anilines is 1. The number of rotatable bonds is 6. The molecule has 1 atom stereocenters. The maximum atomic E-state index is 12.9. The van der Waals surface area contributed by atoms with Crippen molar-refractivity contribution in [3.05, 3.63) is 52.6 Å². The summed E-state index contributed by atoms with van der Waals surface area (Å²) in [5, 5.41) is 2.77. The van der Waals surface area contributed by atoms with E-state index in [1.165, 1.54) is 15.4 Å². The third-order valence-corrected chi connectivity index (χ3v) is 8.76. The maximum Gasteiger partial charge on any atom is 0.243 e. The van der Waals surface area contributed by atoms with Crippen LogP contribution in [0.25, 0.3) is 0 Å². The van der Waals surface area contributed by atoms with Gasteiger partial charge < -0.3 is 5.32 Å². The van der Waals surface area contributed by atoms with Crippen molar-refractivity contribution in [1.29, 1.82) is 0 Å². The molecule has 7 heteroatoms. The number of aryl methyl sites for hydroxylation is 2. The van der Waals surface area contributed by atoms with Crippen LogP contribution in [0, 0.1) is 20.8 Å². The molecule has 29 heavy (non-hydrogen) atoms. The predicted octanol–water partition coefficient (Wildman–Crippen LogP) is 4.30. The molecular weight excluding hydrogens is 404 g/mol. The fraction of sp³-hybridized carbons (Fsp3) is 0.409. The summed E-state index contributed by atoms with van der Waals surface area (Å²) in [4.78, 5) is 14.3. The second-order valence-corrected chi connectivity index (χ2v) is 10.6. The van der Waals surface area contributed by atoms with Gasteiger partial charge in [-0.1, -0.05) is 31.5 Å². The van der Waals surface area contributed by atoms with Crippen molar-refractivity contribution in [1.82, 2.24) is 4.31 Å². The number of hydrogen-bond acceptors (Lipinski definition) is 4. The number of sulfonamides is 1. The summed E-state index contributed by atoms with van der Waals surface area (Å²) in [6.45, 7) is 10.3. The summed E-state index contributed by atoms with van der Waals surface area (Å²) in [5.41, 5.74) is 4.65. The zero-order valence-corrected chi connectivity index (χ0v) is 19.2. The van der Waals surface area contributed by atoms with Gasteiger partial charge in [-0.15, -0.1) is 11.8 Å². The van der Waals surface area contributed by atoms with Crippen LogP contribution in [0.5, 0.6) is 0 Å². The van der Waals surface area contributed by atoms with E-state index >= 15 is 0 Å². The lowest BCUT2D eigenvalue weighted by Gasteiger charge is -2.21. The van der Waals surface area contributed by atoms with E-state index in [0.717, 1.165) is 16.0 Å². The van der Waals surface area contributed by atoms with E-state index in [-0.39, 0.29) is 16.1 Å². The highest BCUT2D eigenvalue weighted by molar-refractivity contribution is 8.01. The summed E-state index contributed by atoms with van der Waals surface area (Å²) in [7, 11) is -3.59. The monoisotopic (exact) mass is 432 g/mol. The lowest BCUT2D eigenvalue weighted by atomic mass is 10.1. The van der Waals surface area contributed by atoms with Crippen LogP contribution >= 0.6 is 11.8 Å². The molecule has 1 aliphatic rings. The number of fused-ring (bicyclic) bond motifs is 1. The quantitative estimate of drug-likeness (QED) is 0.739. The highest BCUT2D eigenvalue weighted by Crippen LogP contribution is 2.38. The summed E-state index contributed by atoms with van der Waals surface area (Å²) in [6, 6.07) is 9.53. The minimum Gasteiger partial charge on any atom is -0.325 e. The second-order valence-electron chi connectivity index (χ2n) is 7.41. The molecule has 0 saturated carbocycles. The van der Waals surface area contributed by atoms with Gasteiger partial charge in [0.25, 0.3) is 0 Å². The van der Waals surface area contributed by atoms with Crippen molar-refractivity contribution < 1.29 is 13.2 Å². The van der Waals surface area contributed by atoms with Gasteiger partial charge in [0.05, 0.1) is 10.1 Å². The Morgan fingerprint density at radius 2 is 1.83 bits per heavy atom. The van der Waals surface area contributed by atoms with Crippen molar-refractivity contribution in [3.63, 3.8) is 0 Å². The molecule has 0 spiro atoms. The van der Waals surface area contributed by atoms with Crippen LogP contribution in [0.4, 0.5) is 5.69 Å². The molecule has 156 valence electrons. The molecule has 1 aliphatic heterocycles. The Labute approximate surface area is 177 Å². The minimum absolute atomic E-state index is 0.0938.